The van der Waals surface area contributed by atoms with Crippen LogP contribution in [0.1, 0.15) is 5.56 Å². The number of nitrogens with zero attached hydrogens (tertiary/aromatic N) is 2. The Balaban J connectivity index is 2.61. The van der Waals surface area contributed by atoms with Gasteiger partial charge in [0.25, 0.3) is 5.91 Å². The molecule has 0 aromatic heterocycles. The maximum Gasteiger partial charge on any atom is 0.269 e. The van der Waals surface area contributed by atoms with Gasteiger partial charge in [-0.15, -0.1) is 0 Å². The lowest BCUT2D eigenvalue weighted by Crippen LogP contribution is -2.22. The van der Waals surface area contributed by atoms with E-state index in [0.717, 1.165) is 10.6 Å². The third-order valence-corrected chi connectivity index (χ3v) is 2.19. The van der Waals surface area contributed by atoms with Crippen LogP contribution >= 0.6 is 0 Å². The van der Waals surface area contributed by atoms with Crippen LogP contribution in [0.2, 0.25) is 0 Å². The van der Waals surface area contributed by atoms with Crippen LogP contribution in [0, 0.1) is 11.3 Å². The monoisotopic (exact) mass is 246 g/mol. The van der Waals surface area contributed by atoms with Gasteiger partial charge in [0, 0.05) is 13.1 Å². The second-order valence-corrected chi connectivity index (χ2v) is 3.37. The van der Waals surface area contributed by atoms with Crippen LogP contribution in [0.15, 0.2) is 30.3 Å². The minimum absolute atomic E-state index is 0.0201. The first-order valence-corrected chi connectivity index (χ1v) is 5.27. The molecule has 0 spiro atoms. The van der Waals surface area contributed by atoms with E-state index >= 15 is 0 Å². The van der Waals surface area contributed by atoms with Crippen LogP contribution in [0.25, 0.3) is 6.08 Å². The van der Waals surface area contributed by atoms with Gasteiger partial charge in [-0.05, 0) is 23.8 Å². The van der Waals surface area contributed by atoms with Crippen molar-refractivity contribution in [3.8, 4) is 11.8 Å². The van der Waals surface area contributed by atoms with Crippen molar-refractivity contribution in [3.63, 3.8) is 0 Å². The zero-order chi connectivity index (χ0) is 13.4. The fourth-order valence-corrected chi connectivity index (χ4v) is 1.15. The van der Waals surface area contributed by atoms with Gasteiger partial charge >= 0.3 is 0 Å². The van der Waals surface area contributed by atoms with E-state index in [1.807, 2.05) is 6.07 Å². The topological polar surface area (TPSA) is 62.6 Å². The molecule has 0 saturated heterocycles. The lowest BCUT2D eigenvalue weighted by molar-refractivity contribution is -0.162. The number of hydroxylamine groups is 2. The fourth-order valence-electron chi connectivity index (χ4n) is 1.15. The minimum atomic E-state index is -0.248. The normalized spacial score (nSPS) is 10.1. The molecule has 5 nitrogen and oxygen atoms in total. The lowest BCUT2D eigenvalue weighted by Gasteiger charge is -2.10. The highest BCUT2D eigenvalue weighted by atomic mass is 16.7. The third-order valence-electron chi connectivity index (χ3n) is 2.19. The summed E-state index contributed by atoms with van der Waals surface area (Å²) in [6, 6.07) is 8.95. The minimum Gasteiger partial charge on any atom is -0.479 e. The molecule has 94 valence electrons. The number of likely N-dealkylation sites (N-methyl/N-ethyl adjacent to an activating group) is 1. The average molecular weight is 246 g/mol. The molecule has 0 unspecified atom stereocenters. The van der Waals surface area contributed by atoms with Crippen LogP contribution in [0.3, 0.4) is 0 Å². The van der Waals surface area contributed by atoms with Crippen LogP contribution in [0.5, 0.6) is 5.75 Å². The maximum absolute atomic E-state index is 11.4. The number of amides is 1. The Kier molecular flexibility index (Phi) is 5.42. The van der Waals surface area contributed by atoms with Gasteiger partial charge in [-0.1, -0.05) is 12.1 Å². The third kappa shape index (κ3) is 4.28. The van der Waals surface area contributed by atoms with Crippen molar-refractivity contribution in [2.24, 2.45) is 0 Å². The Hall–Kier alpha value is -2.32. The van der Waals surface area contributed by atoms with Crippen molar-refractivity contribution in [1.82, 2.24) is 5.06 Å². The first-order valence-electron chi connectivity index (χ1n) is 5.27. The zero-order valence-corrected chi connectivity index (χ0v) is 10.3. The summed E-state index contributed by atoms with van der Waals surface area (Å²) in [5, 5.41) is 9.49. The molecule has 18 heavy (non-hydrogen) atoms. The molecule has 1 rings (SSSR count). The Morgan fingerprint density at radius 3 is 2.67 bits per heavy atom. The highest BCUT2D eigenvalue weighted by Crippen LogP contribution is 2.13. The number of carbonyl (C=O) groups excluding carboxylic acids is 1. The Morgan fingerprint density at radius 2 is 2.11 bits per heavy atom. The molecule has 0 fully saturated rings. The number of rotatable bonds is 5. The summed E-state index contributed by atoms with van der Waals surface area (Å²) in [6.07, 6.45) is 3.08. The molecule has 0 radical (unpaired) electrons. The molecule has 0 heterocycles. The largest absolute Gasteiger partial charge is 0.479 e. The van der Waals surface area contributed by atoms with Crippen molar-refractivity contribution in [2.45, 2.75) is 0 Å². The smallest absolute Gasteiger partial charge is 0.269 e. The molecule has 0 aliphatic carbocycles. The van der Waals surface area contributed by atoms with E-state index in [9.17, 15) is 4.79 Å². The Morgan fingerprint density at radius 1 is 1.44 bits per heavy atom. The number of nitriles is 1. The van der Waals surface area contributed by atoms with Crippen molar-refractivity contribution < 1.29 is 14.4 Å². The van der Waals surface area contributed by atoms with Crippen molar-refractivity contribution >= 4 is 12.0 Å². The van der Waals surface area contributed by atoms with Crippen molar-refractivity contribution in [2.75, 3.05) is 20.8 Å². The summed E-state index contributed by atoms with van der Waals surface area (Å²) in [5.41, 5.74) is 0.858. The summed E-state index contributed by atoms with van der Waals surface area (Å²) < 4.78 is 5.11. The Labute approximate surface area is 106 Å². The van der Waals surface area contributed by atoms with Gasteiger partial charge in [0.05, 0.1) is 7.11 Å². The summed E-state index contributed by atoms with van der Waals surface area (Å²) in [5.74, 6) is 0.372. The molecule has 1 amide bonds. The molecular weight excluding hydrogens is 232 g/mol. The number of hydrogen-bond acceptors (Lipinski definition) is 4. The van der Waals surface area contributed by atoms with Crippen LogP contribution in [0.4, 0.5) is 0 Å². The number of hydrogen-bond donors (Lipinski definition) is 0. The standard InChI is InChI=1S/C13H14N2O3/c1-15(17-2)13(16)8-5-11-3-6-12(7-4-11)18-10-9-14/h3-8H,10H2,1-2H3/b8-5+. The highest BCUT2D eigenvalue weighted by Gasteiger charge is 2.01. The van der Waals surface area contributed by atoms with E-state index in [0.29, 0.717) is 5.75 Å². The molecule has 0 N–H and O–H groups in total. The van der Waals surface area contributed by atoms with E-state index in [-0.39, 0.29) is 12.5 Å². The predicted octanol–water partition coefficient (Wildman–Crippen LogP) is 1.62. The molecule has 0 bridgehead atoms. The molecular formula is C13H14N2O3. The van der Waals surface area contributed by atoms with Crippen LogP contribution in [-0.2, 0) is 9.63 Å². The summed E-state index contributed by atoms with van der Waals surface area (Å²) in [4.78, 5) is 16.2. The Bertz CT molecular complexity index is 460. The van der Waals surface area contributed by atoms with Gasteiger partial charge in [0.2, 0.25) is 0 Å². The fraction of sp³-hybridized carbons (Fsp3) is 0.231. The second-order valence-electron chi connectivity index (χ2n) is 3.37. The van der Waals surface area contributed by atoms with Crippen LogP contribution < -0.4 is 4.74 Å². The lowest BCUT2D eigenvalue weighted by atomic mass is 10.2. The molecule has 0 saturated carbocycles. The van der Waals surface area contributed by atoms with Gasteiger partial charge < -0.3 is 4.74 Å². The molecule has 0 aliphatic rings. The summed E-state index contributed by atoms with van der Waals surface area (Å²) in [6.45, 7) is 0.0201. The van der Waals surface area contributed by atoms with Crippen molar-refractivity contribution in [1.29, 1.82) is 5.26 Å². The zero-order valence-electron chi connectivity index (χ0n) is 10.3. The summed E-state index contributed by atoms with van der Waals surface area (Å²) in [7, 11) is 2.96. The molecule has 1 aromatic carbocycles. The SMILES string of the molecule is CON(C)C(=O)/C=C/c1ccc(OCC#N)cc1. The van der Waals surface area contributed by atoms with Gasteiger partial charge in [-0.25, -0.2) is 5.06 Å². The van der Waals surface area contributed by atoms with Crippen molar-refractivity contribution in [3.05, 3.63) is 35.9 Å². The molecule has 0 aliphatic heterocycles. The average Bonchev–Trinajstić information content (AvgIpc) is 2.42. The van der Waals surface area contributed by atoms with E-state index < -0.39 is 0 Å². The first-order chi connectivity index (χ1) is 8.67. The van der Waals surface area contributed by atoms with Gasteiger partial charge in [0.1, 0.15) is 11.8 Å². The predicted molar refractivity (Wildman–Crippen MR) is 66.4 cm³/mol. The van der Waals surface area contributed by atoms with E-state index in [1.165, 1.54) is 20.2 Å². The van der Waals surface area contributed by atoms with Gasteiger partial charge in [-0.3, -0.25) is 9.63 Å². The quantitative estimate of drug-likeness (QED) is 0.585. The molecule has 0 atom stereocenters. The van der Waals surface area contributed by atoms with E-state index in [1.54, 1.807) is 30.3 Å². The van der Waals surface area contributed by atoms with E-state index in [4.69, 9.17) is 14.8 Å². The molecule has 1 aromatic rings. The maximum atomic E-state index is 11.4. The van der Waals surface area contributed by atoms with Gasteiger partial charge in [-0.2, -0.15) is 5.26 Å². The molecule has 5 heteroatoms. The number of carbonyl (C=O) groups is 1. The van der Waals surface area contributed by atoms with Crippen LogP contribution in [-0.4, -0.2) is 31.7 Å². The van der Waals surface area contributed by atoms with Gasteiger partial charge in [0.15, 0.2) is 6.61 Å². The number of benzene rings is 1. The van der Waals surface area contributed by atoms with E-state index in [2.05, 4.69) is 0 Å². The number of ether oxygens (including phenoxy) is 1. The highest BCUT2D eigenvalue weighted by molar-refractivity contribution is 5.90. The first kappa shape index (κ1) is 13.7. The second kappa shape index (κ2) is 7.09. The summed E-state index contributed by atoms with van der Waals surface area (Å²) >= 11 is 0.